The zero-order chi connectivity index (χ0) is 13.7. The van der Waals surface area contributed by atoms with Crippen LogP contribution in [0.15, 0.2) is 42.0 Å². The van der Waals surface area contributed by atoms with Crippen LogP contribution in [0, 0.1) is 5.92 Å². The van der Waals surface area contributed by atoms with Gasteiger partial charge in [0, 0.05) is 5.92 Å². The first-order chi connectivity index (χ1) is 9.22. The van der Waals surface area contributed by atoms with Crippen LogP contribution in [0.5, 0.6) is 0 Å². The highest BCUT2D eigenvalue weighted by molar-refractivity contribution is 8.02. The van der Waals surface area contributed by atoms with Crippen LogP contribution in [0.4, 0.5) is 0 Å². The Labute approximate surface area is 117 Å². The third kappa shape index (κ3) is 3.64. The zero-order valence-corrected chi connectivity index (χ0v) is 11.6. The van der Waals surface area contributed by atoms with E-state index in [1.807, 2.05) is 24.5 Å². The standard InChI is InChI=1S/C15H16O3S/c1-3-11-4-6-13(7-5-11)15(16)18-10-12-8-14(19-2)17-9-12/h3-8,12H,1,9-10H2,2H3. The maximum absolute atomic E-state index is 11.8. The second-order valence-electron chi connectivity index (χ2n) is 4.19. The molecule has 3 nitrogen and oxygen atoms in total. The minimum Gasteiger partial charge on any atom is -0.487 e. The molecule has 0 saturated heterocycles. The third-order valence-electron chi connectivity index (χ3n) is 2.82. The van der Waals surface area contributed by atoms with Crippen LogP contribution < -0.4 is 0 Å². The molecule has 0 aromatic heterocycles. The Morgan fingerprint density at radius 1 is 1.53 bits per heavy atom. The van der Waals surface area contributed by atoms with E-state index in [0.29, 0.717) is 18.8 Å². The van der Waals surface area contributed by atoms with Crippen molar-refractivity contribution in [3.8, 4) is 0 Å². The van der Waals surface area contributed by atoms with E-state index in [9.17, 15) is 4.79 Å². The summed E-state index contributed by atoms with van der Waals surface area (Å²) in [6, 6.07) is 7.17. The van der Waals surface area contributed by atoms with E-state index in [0.717, 1.165) is 10.7 Å². The number of hydrogen-bond donors (Lipinski definition) is 0. The molecule has 1 unspecified atom stereocenters. The normalized spacial score (nSPS) is 17.5. The van der Waals surface area contributed by atoms with Gasteiger partial charge in [0.15, 0.2) is 0 Å². The largest absolute Gasteiger partial charge is 0.487 e. The molecule has 1 atom stereocenters. The highest BCUT2D eigenvalue weighted by Crippen LogP contribution is 2.24. The Kier molecular flexibility index (Phi) is 4.68. The molecule has 0 saturated carbocycles. The van der Waals surface area contributed by atoms with Gasteiger partial charge in [0.25, 0.3) is 0 Å². The summed E-state index contributed by atoms with van der Waals surface area (Å²) in [4.78, 5) is 11.8. The summed E-state index contributed by atoms with van der Waals surface area (Å²) in [6.07, 6.45) is 5.69. The molecule has 0 N–H and O–H groups in total. The van der Waals surface area contributed by atoms with Gasteiger partial charge in [0.2, 0.25) is 0 Å². The Morgan fingerprint density at radius 2 is 2.26 bits per heavy atom. The van der Waals surface area contributed by atoms with Crippen molar-refractivity contribution < 1.29 is 14.3 Å². The molecule has 0 fully saturated rings. The van der Waals surface area contributed by atoms with Gasteiger partial charge in [0.05, 0.1) is 12.2 Å². The first kappa shape index (κ1) is 13.7. The molecule has 0 radical (unpaired) electrons. The van der Waals surface area contributed by atoms with E-state index in [1.54, 1.807) is 30.0 Å². The molecule has 0 bridgehead atoms. The lowest BCUT2D eigenvalue weighted by molar-refractivity contribution is 0.0442. The summed E-state index contributed by atoms with van der Waals surface area (Å²) in [5, 5.41) is 0.899. The van der Waals surface area contributed by atoms with Gasteiger partial charge in [0.1, 0.15) is 11.7 Å². The molecule has 1 aromatic rings. The first-order valence-electron chi connectivity index (χ1n) is 6.01. The van der Waals surface area contributed by atoms with Crippen LogP contribution in [0.3, 0.4) is 0 Å². The number of carbonyl (C=O) groups is 1. The number of esters is 1. The molecule has 0 amide bonds. The van der Waals surface area contributed by atoms with Gasteiger partial charge in [-0.15, -0.1) is 0 Å². The quantitative estimate of drug-likeness (QED) is 0.773. The van der Waals surface area contributed by atoms with Gasteiger partial charge in [-0.1, -0.05) is 36.5 Å². The van der Waals surface area contributed by atoms with Crippen molar-refractivity contribution >= 4 is 23.8 Å². The average molecular weight is 276 g/mol. The number of thioether (sulfide) groups is 1. The lowest BCUT2D eigenvalue weighted by atomic mass is 10.1. The van der Waals surface area contributed by atoms with Gasteiger partial charge < -0.3 is 9.47 Å². The smallest absolute Gasteiger partial charge is 0.338 e. The number of hydrogen-bond acceptors (Lipinski definition) is 4. The summed E-state index contributed by atoms with van der Waals surface area (Å²) in [7, 11) is 0. The maximum Gasteiger partial charge on any atom is 0.338 e. The van der Waals surface area contributed by atoms with Crippen molar-refractivity contribution in [1.29, 1.82) is 0 Å². The topological polar surface area (TPSA) is 35.5 Å². The van der Waals surface area contributed by atoms with Crippen molar-refractivity contribution in [3.05, 3.63) is 53.1 Å². The van der Waals surface area contributed by atoms with E-state index < -0.39 is 0 Å². The molecule has 1 aromatic carbocycles. The van der Waals surface area contributed by atoms with Gasteiger partial charge in [-0.3, -0.25) is 0 Å². The fourth-order valence-electron chi connectivity index (χ4n) is 1.72. The predicted octanol–water partition coefficient (Wildman–Crippen LogP) is 3.34. The third-order valence-corrected chi connectivity index (χ3v) is 3.48. The Bertz CT molecular complexity index is 491. The molecule has 19 heavy (non-hydrogen) atoms. The Morgan fingerprint density at radius 3 is 2.84 bits per heavy atom. The number of carbonyl (C=O) groups excluding carboxylic acids is 1. The Balaban J connectivity index is 1.87. The highest BCUT2D eigenvalue weighted by Gasteiger charge is 2.18. The molecule has 1 aliphatic heterocycles. The fourth-order valence-corrected chi connectivity index (χ4v) is 2.24. The molecular weight excluding hydrogens is 260 g/mol. The van der Waals surface area contributed by atoms with Crippen molar-refractivity contribution in [2.75, 3.05) is 19.5 Å². The molecule has 2 rings (SSSR count). The summed E-state index contributed by atoms with van der Waals surface area (Å²) in [5.41, 5.74) is 1.53. The van der Waals surface area contributed by atoms with Gasteiger partial charge in [-0.2, -0.15) is 0 Å². The average Bonchev–Trinajstić information content (AvgIpc) is 2.93. The Hall–Kier alpha value is -1.68. The van der Waals surface area contributed by atoms with Gasteiger partial charge >= 0.3 is 5.97 Å². The van der Waals surface area contributed by atoms with E-state index in [4.69, 9.17) is 9.47 Å². The van der Waals surface area contributed by atoms with Crippen molar-refractivity contribution in [2.45, 2.75) is 0 Å². The molecule has 100 valence electrons. The fraction of sp³-hybridized carbons (Fsp3) is 0.267. The minimum absolute atomic E-state index is 0.152. The minimum atomic E-state index is -0.304. The van der Waals surface area contributed by atoms with E-state index in [-0.39, 0.29) is 11.9 Å². The summed E-state index contributed by atoms with van der Waals surface area (Å²) >= 11 is 1.56. The number of rotatable bonds is 5. The summed E-state index contributed by atoms with van der Waals surface area (Å²) in [5.74, 6) is -0.152. The maximum atomic E-state index is 11.8. The lowest BCUT2D eigenvalue weighted by Gasteiger charge is -2.08. The number of ether oxygens (including phenoxy) is 2. The van der Waals surface area contributed by atoms with Crippen LogP contribution in [-0.4, -0.2) is 25.4 Å². The van der Waals surface area contributed by atoms with Crippen LogP contribution in [0.25, 0.3) is 6.08 Å². The monoisotopic (exact) mass is 276 g/mol. The van der Waals surface area contributed by atoms with Gasteiger partial charge in [-0.25, -0.2) is 4.79 Å². The summed E-state index contributed by atoms with van der Waals surface area (Å²) in [6.45, 7) is 4.61. The molecule has 0 aliphatic carbocycles. The zero-order valence-electron chi connectivity index (χ0n) is 10.8. The SMILES string of the molecule is C=Cc1ccc(C(=O)OCC2C=C(SC)OC2)cc1. The van der Waals surface area contributed by atoms with E-state index in [2.05, 4.69) is 6.58 Å². The second kappa shape index (κ2) is 6.48. The summed E-state index contributed by atoms with van der Waals surface area (Å²) < 4.78 is 10.7. The van der Waals surface area contributed by atoms with E-state index in [1.165, 1.54) is 0 Å². The highest BCUT2D eigenvalue weighted by atomic mass is 32.2. The second-order valence-corrected chi connectivity index (χ2v) is 5.00. The van der Waals surface area contributed by atoms with Crippen LogP contribution >= 0.6 is 11.8 Å². The van der Waals surface area contributed by atoms with Crippen LogP contribution in [0.2, 0.25) is 0 Å². The molecule has 0 spiro atoms. The predicted molar refractivity (Wildman–Crippen MR) is 77.9 cm³/mol. The van der Waals surface area contributed by atoms with Crippen LogP contribution in [-0.2, 0) is 9.47 Å². The number of benzene rings is 1. The molecule has 4 heteroatoms. The van der Waals surface area contributed by atoms with Crippen molar-refractivity contribution in [3.63, 3.8) is 0 Å². The molecule has 1 heterocycles. The lowest BCUT2D eigenvalue weighted by Crippen LogP contribution is -2.14. The molecule has 1 aliphatic rings. The van der Waals surface area contributed by atoms with Gasteiger partial charge in [-0.05, 0) is 30.0 Å². The van der Waals surface area contributed by atoms with E-state index >= 15 is 0 Å². The molecular formula is C15H16O3S. The first-order valence-corrected chi connectivity index (χ1v) is 7.23. The van der Waals surface area contributed by atoms with Crippen molar-refractivity contribution in [1.82, 2.24) is 0 Å². The van der Waals surface area contributed by atoms with Crippen LogP contribution in [0.1, 0.15) is 15.9 Å². The van der Waals surface area contributed by atoms with Crippen molar-refractivity contribution in [2.24, 2.45) is 5.92 Å².